The van der Waals surface area contributed by atoms with Crippen molar-refractivity contribution >= 4 is 5.65 Å². The minimum absolute atomic E-state index is 0.701. The van der Waals surface area contributed by atoms with Crippen molar-refractivity contribution in [3.8, 4) is 11.1 Å². The van der Waals surface area contributed by atoms with Crippen molar-refractivity contribution < 1.29 is 0 Å². The number of hydrogen-bond acceptors (Lipinski definition) is 1. The summed E-state index contributed by atoms with van der Waals surface area (Å²) in [6.07, 6.45) is 6.41. The van der Waals surface area contributed by atoms with Gasteiger partial charge in [-0.05, 0) is 18.4 Å². The van der Waals surface area contributed by atoms with Crippen LogP contribution in [0.2, 0.25) is 0 Å². The van der Waals surface area contributed by atoms with Gasteiger partial charge in [-0.25, -0.2) is 9.50 Å². The molecule has 3 heteroatoms. The fourth-order valence-corrected chi connectivity index (χ4v) is 2.44. The zero-order valence-corrected chi connectivity index (χ0v) is 9.43. The van der Waals surface area contributed by atoms with Crippen molar-refractivity contribution in [3.63, 3.8) is 0 Å². The van der Waals surface area contributed by atoms with Crippen LogP contribution in [0.15, 0.2) is 42.7 Å². The summed E-state index contributed by atoms with van der Waals surface area (Å²) in [5.41, 5.74) is 4.92. The van der Waals surface area contributed by atoms with Crippen molar-refractivity contribution in [1.82, 2.24) is 14.6 Å². The van der Waals surface area contributed by atoms with Crippen LogP contribution in [0.4, 0.5) is 0 Å². The Morgan fingerprint density at radius 2 is 2.00 bits per heavy atom. The van der Waals surface area contributed by atoms with Gasteiger partial charge in [0.2, 0.25) is 0 Å². The molecule has 1 N–H and O–H groups in total. The first-order valence-corrected chi connectivity index (χ1v) is 6.04. The zero-order chi connectivity index (χ0) is 11.2. The second-order valence-electron chi connectivity index (χ2n) is 4.66. The van der Waals surface area contributed by atoms with E-state index in [4.69, 9.17) is 0 Å². The summed E-state index contributed by atoms with van der Waals surface area (Å²) in [5, 5.41) is 3.46. The van der Waals surface area contributed by atoms with Gasteiger partial charge in [0, 0.05) is 29.6 Å². The Bertz CT molecular complexity index is 659. The van der Waals surface area contributed by atoms with Crippen molar-refractivity contribution in [3.05, 3.63) is 48.4 Å². The SMILES string of the molecule is c1ccc(-c2c(C3CC3)[nH]n3ccnc23)cc1. The molecule has 84 valence electrons. The Morgan fingerprint density at radius 1 is 1.18 bits per heavy atom. The standard InChI is InChI=1S/C14H13N3/c1-2-4-10(5-3-1)12-13(11-6-7-11)16-17-9-8-15-14(12)17/h1-5,8-9,11,16H,6-7H2. The van der Waals surface area contributed by atoms with E-state index < -0.39 is 0 Å². The van der Waals surface area contributed by atoms with E-state index >= 15 is 0 Å². The number of imidazole rings is 1. The van der Waals surface area contributed by atoms with Gasteiger partial charge >= 0.3 is 0 Å². The van der Waals surface area contributed by atoms with E-state index in [9.17, 15) is 0 Å². The van der Waals surface area contributed by atoms with Crippen molar-refractivity contribution in [2.45, 2.75) is 18.8 Å². The molecule has 1 aromatic carbocycles. The minimum atomic E-state index is 0.701. The molecule has 0 unspecified atom stereocenters. The lowest BCUT2D eigenvalue weighted by Gasteiger charge is -2.01. The van der Waals surface area contributed by atoms with Crippen molar-refractivity contribution in [1.29, 1.82) is 0 Å². The number of aromatic nitrogens is 3. The van der Waals surface area contributed by atoms with Crippen LogP contribution in [0.1, 0.15) is 24.5 Å². The van der Waals surface area contributed by atoms with Gasteiger partial charge in [-0.1, -0.05) is 30.3 Å². The molecule has 0 aliphatic heterocycles. The highest BCUT2D eigenvalue weighted by Crippen LogP contribution is 2.44. The summed E-state index contributed by atoms with van der Waals surface area (Å²) in [6, 6.07) is 10.5. The number of fused-ring (bicyclic) bond motifs is 1. The van der Waals surface area contributed by atoms with Crippen LogP contribution in [0.3, 0.4) is 0 Å². The molecule has 0 spiro atoms. The van der Waals surface area contributed by atoms with E-state index in [1.807, 2.05) is 16.9 Å². The van der Waals surface area contributed by atoms with E-state index in [1.165, 1.54) is 29.7 Å². The maximum atomic E-state index is 4.46. The summed E-state index contributed by atoms with van der Waals surface area (Å²) in [4.78, 5) is 4.46. The number of nitrogens with zero attached hydrogens (tertiary/aromatic N) is 2. The maximum Gasteiger partial charge on any atom is 0.161 e. The zero-order valence-electron chi connectivity index (χ0n) is 9.43. The predicted octanol–water partition coefficient (Wildman–Crippen LogP) is 3.21. The van der Waals surface area contributed by atoms with Crippen LogP contribution in [0.5, 0.6) is 0 Å². The fraction of sp³-hybridized carbons (Fsp3) is 0.214. The Labute approximate surface area is 99.1 Å². The lowest BCUT2D eigenvalue weighted by atomic mass is 10.0. The lowest BCUT2D eigenvalue weighted by Crippen LogP contribution is -1.85. The van der Waals surface area contributed by atoms with Crippen LogP contribution in [-0.2, 0) is 0 Å². The average Bonchev–Trinajstić information content (AvgIpc) is 3.00. The van der Waals surface area contributed by atoms with E-state index in [1.54, 1.807) is 0 Å². The summed E-state index contributed by atoms with van der Waals surface area (Å²) >= 11 is 0. The Hall–Kier alpha value is -2.03. The average molecular weight is 223 g/mol. The molecule has 0 amide bonds. The molecule has 4 rings (SSSR count). The Morgan fingerprint density at radius 3 is 2.76 bits per heavy atom. The smallest absolute Gasteiger partial charge is 0.161 e. The van der Waals surface area contributed by atoms with Crippen LogP contribution in [-0.4, -0.2) is 14.6 Å². The topological polar surface area (TPSA) is 33.1 Å². The van der Waals surface area contributed by atoms with Crippen molar-refractivity contribution in [2.75, 3.05) is 0 Å². The maximum absolute atomic E-state index is 4.46. The fourth-order valence-electron chi connectivity index (χ4n) is 2.44. The molecule has 0 radical (unpaired) electrons. The van der Waals surface area contributed by atoms with Crippen LogP contribution in [0.25, 0.3) is 16.8 Å². The Balaban J connectivity index is 2.02. The molecule has 0 atom stereocenters. The van der Waals surface area contributed by atoms with Gasteiger partial charge in [-0.2, -0.15) is 0 Å². The molecule has 2 heterocycles. The molecule has 1 fully saturated rings. The largest absolute Gasteiger partial charge is 0.296 e. The van der Waals surface area contributed by atoms with Gasteiger partial charge in [0.15, 0.2) is 5.65 Å². The summed E-state index contributed by atoms with van der Waals surface area (Å²) in [7, 11) is 0. The van der Waals surface area contributed by atoms with E-state index in [2.05, 4.69) is 40.4 Å². The quantitative estimate of drug-likeness (QED) is 0.711. The predicted molar refractivity (Wildman–Crippen MR) is 67.0 cm³/mol. The first-order chi connectivity index (χ1) is 8.43. The number of rotatable bonds is 2. The molecular formula is C14H13N3. The molecule has 1 aliphatic rings. The normalized spacial score (nSPS) is 15.5. The van der Waals surface area contributed by atoms with Crippen LogP contribution >= 0.6 is 0 Å². The lowest BCUT2D eigenvalue weighted by molar-refractivity contribution is 0.899. The minimum Gasteiger partial charge on any atom is -0.296 e. The van der Waals surface area contributed by atoms with E-state index in [0.717, 1.165) is 5.65 Å². The van der Waals surface area contributed by atoms with Gasteiger partial charge in [0.1, 0.15) is 0 Å². The van der Waals surface area contributed by atoms with Gasteiger partial charge in [0.25, 0.3) is 0 Å². The third kappa shape index (κ3) is 1.32. The first kappa shape index (κ1) is 9.05. The van der Waals surface area contributed by atoms with Gasteiger partial charge in [-0.3, -0.25) is 5.10 Å². The Kier molecular flexibility index (Phi) is 1.72. The molecule has 1 saturated carbocycles. The van der Waals surface area contributed by atoms with Crippen LogP contribution < -0.4 is 0 Å². The number of hydrogen-bond donors (Lipinski definition) is 1. The van der Waals surface area contributed by atoms with Gasteiger partial charge in [0.05, 0.1) is 0 Å². The van der Waals surface area contributed by atoms with Crippen LogP contribution in [0, 0.1) is 0 Å². The van der Waals surface area contributed by atoms with Gasteiger partial charge in [-0.15, -0.1) is 0 Å². The first-order valence-electron chi connectivity index (χ1n) is 6.04. The molecule has 3 aromatic rings. The molecular weight excluding hydrogens is 210 g/mol. The van der Waals surface area contributed by atoms with Crippen molar-refractivity contribution in [2.24, 2.45) is 0 Å². The number of H-pyrrole nitrogens is 1. The summed E-state index contributed by atoms with van der Waals surface area (Å²) in [6.45, 7) is 0. The molecule has 0 bridgehead atoms. The third-order valence-corrected chi connectivity index (χ3v) is 3.42. The molecule has 2 aromatic heterocycles. The molecule has 1 aliphatic carbocycles. The highest BCUT2D eigenvalue weighted by molar-refractivity contribution is 5.80. The van der Waals surface area contributed by atoms with Gasteiger partial charge < -0.3 is 0 Å². The van der Waals surface area contributed by atoms with E-state index in [-0.39, 0.29) is 0 Å². The molecule has 0 saturated heterocycles. The molecule has 3 nitrogen and oxygen atoms in total. The summed E-state index contributed by atoms with van der Waals surface area (Å²) < 4.78 is 2.02. The second kappa shape index (κ2) is 3.23. The second-order valence-corrected chi connectivity index (χ2v) is 4.66. The summed E-state index contributed by atoms with van der Waals surface area (Å²) in [5.74, 6) is 0.701. The third-order valence-electron chi connectivity index (χ3n) is 3.42. The molecule has 17 heavy (non-hydrogen) atoms. The highest BCUT2D eigenvalue weighted by Gasteiger charge is 2.30. The number of aromatic amines is 1. The van der Waals surface area contributed by atoms with E-state index in [0.29, 0.717) is 5.92 Å². The number of benzene rings is 1. The monoisotopic (exact) mass is 223 g/mol. The number of nitrogens with one attached hydrogen (secondary N) is 1. The highest BCUT2D eigenvalue weighted by atomic mass is 15.3.